The van der Waals surface area contributed by atoms with E-state index >= 15 is 0 Å². The van der Waals surface area contributed by atoms with Crippen LogP contribution in [0.4, 0.5) is 10.2 Å². The lowest BCUT2D eigenvalue weighted by Crippen LogP contribution is -2.48. The van der Waals surface area contributed by atoms with Gasteiger partial charge in [0.05, 0.1) is 6.10 Å². The number of nitrogens with zero attached hydrogens (tertiary/aromatic N) is 1. The van der Waals surface area contributed by atoms with E-state index in [1.165, 1.54) is 19.1 Å². The summed E-state index contributed by atoms with van der Waals surface area (Å²) in [5, 5.41) is 24.2. The van der Waals surface area contributed by atoms with Crippen molar-refractivity contribution in [2.75, 3.05) is 11.9 Å². The number of ketones is 1. The number of carbonyl (C=O) groups excluding carboxylic acids is 2. The highest BCUT2D eigenvalue weighted by Gasteiger charge is 2.25. The third kappa shape index (κ3) is 6.97. The molecule has 1 amide bonds. The Morgan fingerprint density at radius 2 is 1.65 bits per heavy atom. The molecule has 174 valence electrons. The second-order valence-corrected chi connectivity index (χ2v) is 7.56. The van der Waals surface area contributed by atoms with Crippen molar-refractivity contribution < 1.29 is 24.2 Å². The lowest BCUT2D eigenvalue weighted by atomic mass is 10.1. The van der Waals surface area contributed by atoms with Crippen molar-refractivity contribution in [3.8, 4) is 11.8 Å². The van der Waals surface area contributed by atoms with Gasteiger partial charge >= 0.3 is 0 Å². The maximum atomic E-state index is 13.0. The van der Waals surface area contributed by atoms with E-state index in [9.17, 15) is 19.1 Å². The quantitative estimate of drug-likeness (QED) is 0.383. The van der Waals surface area contributed by atoms with Gasteiger partial charge in [-0.1, -0.05) is 24.0 Å². The summed E-state index contributed by atoms with van der Waals surface area (Å²) in [6, 6.07) is 15.1. The van der Waals surface area contributed by atoms with Crippen molar-refractivity contribution >= 4 is 17.5 Å². The van der Waals surface area contributed by atoms with Gasteiger partial charge in [0.2, 0.25) is 0 Å². The van der Waals surface area contributed by atoms with Crippen LogP contribution in [-0.4, -0.2) is 45.6 Å². The van der Waals surface area contributed by atoms with E-state index < -0.39 is 30.4 Å². The molecule has 0 unspecified atom stereocenters. The summed E-state index contributed by atoms with van der Waals surface area (Å²) in [7, 11) is 0. The van der Waals surface area contributed by atoms with Gasteiger partial charge in [0.1, 0.15) is 24.3 Å². The van der Waals surface area contributed by atoms with Gasteiger partial charge in [-0.15, -0.1) is 0 Å². The maximum Gasteiger partial charge on any atom is 0.251 e. The maximum absolute atomic E-state index is 13.0. The average molecular weight is 461 g/mol. The molecule has 0 spiro atoms. The van der Waals surface area contributed by atoms with Gasteiger partial charge in [-0.3, -0.25) is 9.59 Å². The van der Waals surface area contributed by atoms with Crippen molar-refractivity contribution in [2.24, 2.45) is 0 Å². The number of halogens is 1. The van der Waals surface area contributed by atoms with E-state index in [2.05, 4.69) is 27.5 Å². The van der Waals surface area contributed by atoms with Gasteiger partial charge in [0, 0.05) is 29.4 Å². The third-order valence-electron chi connectivity index (χ3n) is 4.92. The monoisotopic (exact) mass is 461 g/mol. The number of pyridine rings is 1. The molecular weight excluding hydrogens is 437 g/mol. The zero-order valence-electron chi connectivity index (χ0n) is 18.5. The van der Waals surface area contributed by atoms with E-state index in [1.807, 2.05) is 6.07 Å². The standard InChI is InChI=1S/C26H24FN3O4/c1-17(32)25(23(33)16-31)30-26(34)21-9-4-18(5-10-21)2-3-19-8-13-24(28-14-19)29-15-20-6-11-22(27)12-7-20/h4-14,17,25,31-32H,15-16H2,1H3,(H,28,29)(H,30,34)/t17-,25+/m1/s1. The topological polar surface area (TPSA) is 112 Å². The van der Waals surface area contributed by atoms with Crippen LogP contribution in [0.5, 0.6) is 0 Å². The highest BCUT2D eigenvalue weighted by molar-refractivity contribution is 5.98. The number of Topliss-reactive ketones (excluding diaryl/α,β-unsaturated/α-hetero) is 1. The van der Waals surface area contributed by atoms with E-state index in [0.717, 1.165) is 5.56 Å². The molecule has 3 rings (SSSR count). The highest BCUT2D eigenvalue weighted by Crippen LogP contribution is 2.09. The van der Waals surface area contributed by atoms with Gasteiger partial charge in [-0.2, -0.15) is 0 Å². The average Bonchev–Trinajstić information content (AvgIpc) is 2.86. The molecule has 0 radical (unpaired) electrons. The summed E-state index contributed by atoms with van der Waals surface area (Å²) in [4.78, 5) is 28.3. The van der Waals surface area contributed by atoms with Crippen molar-refractivity contribution in [2.45, 2.75) is 25.6 Å². The normalized spacial score (nSPS) is 12.1. The Bertz CT molecular complexity index is 1180. The van der Waals surface area contributed by atoms with Crippen molar-refractivity contribution in [3.05, 3.63) is 94.9 Å². The molecule has 0 aliphatic carbocycles. The van der Waals surface area contributed by atoms with E-state index in [4.69, 9.17) is 5.11 Å². The smallest absolute Gasteiger partial charge is 0.251 e. The van der Waals surface area contributed by atoms with Crippen LogP contribution in [0.25, 0.3) is 0 Å². The number of hydrogen-bond acceptors (Lipinski definition) is 6. The van der Waals surface area contributed by atoms with E-state index in [-0.39, 0.29) is 5.82 Å². The zero-order valence-corrected chi connectivity index (χ0v) is 18.5. The van der Waals surface area contributed by atoms with Gasteiger partial charge in [-0.05, 0) is 61.0 Å². The molecule has 2 atom stereocenters. The number of aliphatic hydroxyl groups excluding tert-OH is 2. The fraction of sp³-hybridized carbons (Fsp3) is 0.192. The molecular formula is C26H24FN3O4. The number of carbonyl (C=O) groups is 2. The van der Waals surface area contributed by atoms with Crippen LogP contribution in [0.2, 0.25) is 0 Å². The van der Waals surface area contributed by atoms with Crippen LogP contribution >= 0.6 is 0 Å². The molecule has 2 aromatic carbocycles. The number of amides is 1. The SMILES string of the molecule is C[C@@H](O)[C@H](NC(=O)c1ccc(C#Cc2ccc(NCc3ccc(F)cc3)nc2)cc1)C(=O)CO. The molecule has 0 aliphatic heterocycles. The van der Waals surface area contributed by atoms with Crippen LogP contribution in [0, 0.1) is 17.7 Å². The predicted molar refractivity (Wildman–Crippen MR) is 125 cm³/mol. The van der Waals surface area contributed by atoms with Gasteiger partial charge in [-0.25, -0.2) is 9.37 Å². The molecule has 0 saturated carbocycles. The third-order valence-corrected chi connectivity index (χ3v) is 4.92. The minimum absolute atomic E-state index is 0.276. The number of aromatic nitrogens is 1. The lowest BCUT2D eigenvalue weighted by molar-refractivity contribution is -0.125. The van der Waals surface area contributed by atoms with Crippen LogP contribution < -0.4 is 10.6 Å². The summed E-state index contributed by atoms with van der Waals surface area (Å²) >= 11 is 0. The Balaban J connectivity index is 1.57. The lowest BCUT2D eigenvalue weighted by Gasteiger charge is -2.19. The molecule has 1 aromatic heterocycles. The molecule has 7 nitrogen and oxygen atoms in total. The summed E-state index contributed by atoms with van der Waals surface area (Å²) in [5.74, 6) is 5.17. The predicted octanol–water partition coefficient (Wildman–Crippen LogP) is 2.27. The zero-order chi connectivity index (χ0) is 24.5. The first kappa shape index (κ1) is 24.6. The minimum Gasteiger partial charge on any atom is -0.391 e. The van der Waals surface area contributed by atoms with Crippen LogP contribution in [0.1, 0.15) is 34.0 Å². The molecule has 3 aromatic rings. The number of hydrogen-bond donors (Lipinski definition) is 4. The molecule has 0 fully saturated rings. The largest absolute Gasteiger partial charge is 0.391 e. The van der Waals surface area contributed by atoms with Crippen LogP contribution in [0.15, 0.2) is 66.9 Å². The highest BCUT2D eigenvalue weighted by atomic mass is 19.1. The summed E-state index contributed by atoms with van der Waals surface area (Å²) in [5.41, 5.74) is 2.61. The number of benzene rings is 2. The van der Waals surface area contributed by atoms with Crippen LogP contribution in [-0.2, 0) is 11.3 Å². The number of rotatable bonds is 8. The first-order valence-electron chi connectivity index (χ1n) is 10.5. The Hall–Kier alpha value is -4.06. The number of aliphatic hydroxyl groups is 2. The molecule has 8 heteroatoms. The molecule has 1 heterocycles. The van der Waals surface area contributed by atoms with Crippen molar-refractivity contribution in [3.63, 3.8) is 0 Å². The Labute approximate surface area is 196 Å². The molecule has 34 heavy (non-hydrogen) atoms. The van der Waals surface area contributed by atoms with Crippen molar-refractivity contribution in [1.82, 2.24) is 10.3 Å². The Morgan fingerprint density at radius 1 is 1.00 bits per heavy atom. The number of anilines is 1. The van der Waals surface area contributed by atoms with Gasteiger partial charge in [0.15, 0.2) is 5.78 Å². The summed E-state index contributed by atoms with van der Waals surface area (Å²) < 4.78 is 13.0. The van der Waals surface area contributed by atoms with Crippen molar-refractivity contribution in [1.29, 1.82) is 0 Å². The van der Waals surface area contributed by atoms with E-state index in [0.29, 0.717) is 29.1 Å². The Morgan fingerprint density at radius 3 is 2.24 bits per heavy atom. The minimum atomic E-state index is -1.18. The fourth-order valence-electron chi connectivity index (χ4n) is 3.01. The fourth-order valence-corrected chi connectivity index (χ4v) is 3.01. The number of nitrogens with one attached hydrogen (secondary N) is 2. The second kappa shape index (κ2) is 11.7. The Kier molecular flexibility index (Phi) is 8.46. The molecule has 0 aliphatic rings. The van der Waals surface area contributed by atoms with E-state index in [1.54, 1.807) is 48.7 Å². The first-order chi connectivity index (χ1) is 16.4. The molecule has 0 bridgehead atoms. The molecule has 0 saturated heterocycles. The van der Waals surface area contributed by atoms with Gasteiger partial charge in [0.25, 0.3) is 5.91 Å². The second-order valence-electron chi connectivity index (χ2n) is 7.56. The first-order valence-corrected chi connectivity index (χ1v) is 10.5. The molecule has 4 N–H and O–H groups in total. The summed E-state index contributed by atoms with van der Waals surface area (Å²) in [6.07, 6.45) is 0.503. The van der Waals surface area contributed by atoms with Crippen LogP contribution in [0.3, 0.4) is 0 Å². The summed E-state index contributed by atoms with van der Waals surface area (Å²) in [6.45, 7) is 1.11. The van der Waals surface area contributed by atoms with Gasteiger partial charge < -0.3 is 20.8 Å².